The molecule has 0 aliphatic carbocycles. The van der Waals surface area contributed by atoms with E-state index in [0.29, 0.717) is 28.1 Å². The number of amides is 2. The van der Waals surface area contributed by atoms with Gasteiger partial charge >= 0.3 is 5.97 Å². The summed E-state index contributed by atoms with van der Waals surface area (Å²) in [6.45, 7) is 2.83. The maximum atomic E-state index is 12.8. The lowest BCUT2D eigenvalue weighted by molar-refractivity contribution is -0.146. The van der Waals surface area contributed by atoms with Crippen LogP contribution in [0.3, 0.4) is 0 Å². The van der Waals surface area contributed by atoms with Crippen molar-refractivity contribution in [2.75, 3.05) is 18.5 Å². The van der Waals surface area contributed by atoms with Gasteiger partial charge in [0.05, 0.1) is 11.8 Å². The second-order valence-corrected chi connectivity index (χ2v) is 7.82. The third-order valence-corrected chi connectivity index (χ3v) is 4.73. The monoisotopic (exact) mass is 474 g/mol. The zero-order chi connectivity index (χ0) is 25.2. The fourth-order valence-electron chi connectivity index (χ4n) is 3.13. The molecule has 8 heteroatoms. The number of carbonyl (C=O) groups is 4. The molecule has 2 N–H and O–H groups in total. The molecular weight excluding hydrogens is 448 g/mol. The second kappa shape index (κ2) is 12.1. The molecule has 0 aromatic heterocycles. The summed E-state index contributed by atoms with van der Waals surface area (Å²) in [6.07, 6.45) is 0.0134. The first-order valence-corrected chi connectivity index (χ1v) is 11.0. The maximum absolute atomic E-state index is 12.8. The molecule has 0 saturated carbocycles. The molecule has 0 bridgehead atoms. The normalized spacial score (nSPS) is 10.4. The molecule has 0 aliphatic rings. The van der Waals surface area contributed by atoms with Gasteiger partial charge in [0.1, 0.15) is 12.3 Å². The van der Waals surface area contributed by atoms with Crippen LogP contribution in [0.2, 0.25) is 0 Å². The molecule has 0 aliphatic heterocycles. The Kier molecular flexibility index (Phi) is 8.72. The van der Waals surface area contributed by atoms with Crippen molar-refractivity contribution in [3.63, 3.8) is 0 Å². The molecule has 8 nitrogen and oxygen atoms in total. The molecule has 2 amide bonds. The van der Waals surface area contributed by atoms with Crippen LogP contribution in [0, 0.1) is 0 Å². The Morgan fingerprint density at radius 3 is 2.14 bits per heavy atom. The molecule has 0 fully saturated rings. The van der Waals surface area contributed by atoms with Gasteiger partial charge in [-0.15, -0.1) is 0 Å². The molecule has 180 valence electrons. The van der Waals surface area contributed by atoms with Crippen LogP contribution in [0.4, 0.5) is 5.69 Å². The van der Waals surface area contributed by atoms with Crippen LogP contribution in [-0.4, -0.2) is 42.8 Å². The molecule has 3 rings (SSSR count). The van der Waals surface area contributed by atoms with Crippen molar-refractivity contribution in [3.8, 4) is 5.75 Å². The summed E-state index contributed by atoms with van der Waals surface area (Å²) in [5.41, 5.74) is 1.46. The quantitative estimate of drug-likeness (QED) is 0.343. The molecule has 0 atom stereocenters. The predicted octanol–water partition coefficient (Wildman–Crippen LogP) is 3.62. The summed E-state index contributed by atoms with van der Waals surface area (Å²) < 4.78 is 10.5. The molecule has 3 aromatic carbocycles. The summed E-state index contributed by atoms with van der Waals surface area (Å²) >= 11 is 0. The molecule has 0 saturated heterocycles. The number of esters is 1. The Balaban J connectivity index is 1.48. The van der Waals surface area contributed by atoms with Crippen molar-refractivity contribution in [3.05, 3.63) is 95.6 Å². The lowest BCUT2D eigenvalue weighted by Gasteiger charge is -2.11. The van der Waals surface area contributed by atoms with E-state index in [-0.39, 0.29) is 11.9 Å². The highest BCUT2D eigenvalue weighted by Gasteiger charge is 2.16. The number of carbonyl (C=O) groups excluding carboxylic acids is 4. The van der Waals surface area contributed by atoms with Gasteiger partial charge in [0, 0.05) is 16.7 Å². The Bertz CT molecular complexity index is 1190. The van der Waals surface area contributed by atoms with Gasteiger partial charge in [-0.05, 0) is 50.2 Å². The van der Waals surface area contributed by atoms with Crippen LogP contribution in [0.15, 0.2) is 78.9 Å². The van der Waals surface area contributed by atoms with E-state index in [9.17, 15) is 19.2 Å². The number of hydrogen-bond acceptors (Lipinski definition) is 6. The van der Waals surface area contributed by atoms with E-state index in [4.69, 9.17) is 9.47 Å². The van der Waals surface area contributed by atoms with Crippen LogP contribution < -0.4 is 15.4 Å². The molecule has 3 aromatic rings. The van der Waals surface area contributed by atoms with Gasteiger partial charge < -0.3 is 20.1 Å². The first-order chi connectivity index (χ1) is 16.8. The molecule has 0 heterocycles. The van der Waals surface area contributed by atoms with E-state index < -0.39 is 30.9 Å². The van der Waals surface area contributed by atoms with Crippen molar-refractivity contribution < 1.29 is 28.7 Å². The average Bonchev–Trinajstić information content (AvgIpc) is 2.86. The van der Waals surface area contributed by atoms with E-state index in [0.717, 1.165) is 0 Å². The SMILES string of the molecule is CC(C)Oc1ccc(C(=O)NCC(=O)OCC(=O)Nc2ccccc2C(=O)c2ccccc2)cc1. The summed E-state index contributed by atoms with van der Waals surface area (Å²) in [5, 5.41) is 5.03. The fourth-order valence-corrected chi connectivity index (χ4v) is 3.13. The number of hydrogen-bond donors (Lipinski definition) is 2. The Morgan fingerprint density at radius 1 is 0.800 bits per heavy atom. The molecule has 35 heavy (non-hydrogen) atoms. The van der Waals surface area contributed by atoms with Gasteiger partial charge in [-0.2, -0.15) is 0 Å². The van der Waals surface area contributed by atoms with Gasteiger partial charge in [0.25, 0.3) is 11.8 Å². The highest BCUT2D eigenvalue weighted by molar-refractivity contribution is 6.13. The van der Waals surface area contributed by atoms with Crippen molar-refractivity contribution in [2.24, 2.45) is 0 Å². The lowest BCUT2D eigenvalue weighted by atomic mass is 10.0. The first-order valence-electron chi connectivity index (χ1n) is 11.0. The third kappa shape index (κ3) is 7.53. The maximum Gasteiger partial charge on any atom is 0.325 e. The summed E-state index contributed by atoms with van der Waals surface area (Å²) in [5.74, 6) is -1.46. The van der Waals surface area contributed by atoms with E-state index in [1.165, 1.54) is 0 Å². The average molecular weight is 475 g/mol. The highest BCUT2D eigenvalue weighted by Crippen LogP contribution is 2.19. The Hall–Kier alpha value is -4.46. The fraction of sp³-hybridized carbons (Fsp3) is 0.185. The number of ketones is 1. The summed E-state index contributed by atoms with van der Waals surface area (Å²) in [4.78, 5) is 49.2. The highest BCUT2D eigenvalue weighted by atomic mass is 16.5. The zero-order valence-electron chi connectivity index (χ0n) is 19.4. The van der Waals surface area contributed by atoms with Crippen molar-refractivity contribution in [1.82, 2.24) is 5.32 Å². The molecule has 0 spiro atoms. The summed E-state index contributed by atoms with van der Waals surface area (Å²) in [6, 6.07) is 21.7. The van der Waals surface area contributed by atoms with Crippen LogP contribution in [-0.2, 0) is 14.3 Å². The van der Waals surface area contributed by atoms with E-state index in [1.807, 2.05) is 13.8 Å². The Labute approximate surface area is 203 Å². The minimum Gasteiger partial charge on any atom is -0.491 e. The van der Waals surface area contributed by atoms with Crippen molar-refractivity contribution in [2.45, 2.75) is 20.0 Å². The number of ether oxygens (including phenoxy) is 2. The van der Waals surface area contributed by atoms with Crippen LogP contribution in [0.25, 0.3) is 0 Å². The van der Waals surface area contributed by atoms with Crippen molar-refractivity contribution >= 4 is 29.3 Å². The lowest BCUT2D eigenvalue weighted by Crippen LogP contribution is -2.32. The predicted molar refractivity (Wildman–Crippen MR) is 130 cm³/mol. The topological polar surface area (TPSA) is 111 Å². The minimum atomic E-state index is -0.776. The largest absolute Gasteiger partial charge is 0.491 e. The van der Waals surface area contributed by atoms with Crippen LogP contribution in [0.1, 0.15) is 40.1 Å². The van der Waals surface area contributed by atoms with Crippen LogP contribution >= 0.6 is 0 Å². The second-order valence-electron chi connectivity index (χ2n) is 7.82. The number of benzene rings is 3. The number of rotatable bonds is 10. The number of para-hydroxylation sites is 1. The van der Waals surface area contributed by atoms with Gasteiger partial charge in [-0.1, -0.05) is 42.5 Å². The molecular formula is C27H26N2O6. The standard InChI is InChI=1S/C27H26N2O6/c1-18(2)35-21-14-12-20(13-15-21)27(33)28-16-25(31)34-17-24(30)29-23-11-7-6-10-22(23)26(32)19-8-4-3-5-9-19/h3-15,18H,16-17H2,1-2H3,(H,28,33)(H,29,30). The smallest absolute Gasteiger partial charge is 0.325 e. The van der Waals surface area contributed by atoms with Crippen LogP contribution in [0.5, 0.6) is 5.75 Å². The van der Waals surface area contributed by atoms with E-state index in [1.54, 1.807) is 78.9 Å². The van der Waals surface area contributed by atoms with Gasteiger partial charge in [-0.25, -0.2) is 0 Å². The minimum absolute atomic E-state index is 0.0134. The summed E-state index contributed by atoms with van der Waals surface area (Å²) in [7, 11) is 0. The third-order valence-electron chi connectivity index (χ3n) is 4.73. The Morgan fingerprint density at radius 2 is 1.46 bits per heavy atom. The zero-order valence-corrected chi connectivity index (χ0v) is 19.4. The molecule has 0 radical (unpaired) electrons. The van der Waals surface area contributed by atoms with E-state index in [2.05, 4.69) is 10.6 Å². The number of nitrogens with one attached hydrogen (secondary N) is 2. The van der Waals surface area contributed by atoms with Gasteiger partial charge in [0.2, 0.25) is 0 Å². The van der Waals surface area contributed by atoms with Gasteiger partial charge in [-0.3, -0.25) is 19.2 Å². The van der Waals surface area contributed by atoms with Gasteiger partial charge in [0.15, 0.2) is 12.4 Å². The first kappa shape index (κ1) is 25.2. The van der Waals surface area contributed by atoms with Crippen molar-refractivity contribution in [1.29, 1.82) is 0 Å². The van der Waals surface area contributed by atoms with E-state index >= 15 is 0 Å². The number of anilines is 1. The molecule has 0 unspecified atom stereocenters.